The lowest BCUT2D eigenvalue weighted by molar-refractivity contribution is -0.133. The molecule has 6 nitrogen and oxygen atoms in total. The van der Waals surface area contributed by atoms with Crippen molar-refractivity contribution in [3.8, 4) is 11.1 Å². The molecule has 2 aliphatic rings. The molecule has 0 atom stereocenters. The Balaban J connectivity index is 1.40. The van der Waals surface area contributed by atoms with Gasteiger partial charge in [0.15, 0.2) is 0 Å². The fraction of sp³-hybridized carbons (Fsp3) is 0.286. The number of hydrogen-bond acceptors (Lipinski definition) is 3. The highest BCUT2D eigenvalue weighted by atomic mass is 16.2. The van der Waals surface area contributed by atoms with Gasteiger partial charge in [-0.25, -0.2) is 4.79 Å². The smallest absolute Gasteiger partial charge is 0.325 e. The van der Waals surface area contributed by atoms with Gasteiger partial charge in [0.2, 0.25) is 5.91 Å². The molecule has 4 rings (SSSR count). The van der Waals surface area contributed by atoms with E-state index >= 15 is 0 Å². The predicted molar refractivity (Wildman–Crippen MR) is 102 cm³/mol. The van der Waals surface area contributed by atoms with Gasteiger partial charge in [-0.3, -0.25) is 14.5 Å². The van der Waals surface area contributed by atoms with Crippen molar-refractivity contribution in [3.63, 3.8) is 0 Å². The molecule has 2 aromatic rings. The van der Waals surface area contributed by atoms with Gasteiger partial charge in [0.05, 0.1) is 0 Å². The number of nitrogens with one attached hydrogen (secondary N) is 2. The van der Waals surface area contributed by atoms with Crippen molar-refractivity contribution in [1.82, 2.24) is 10.2 Å². The van der Waals surface area contributed by atoms with Crippen LogP contribution in [-0.2, 0) is 9.59 Å². The molecule has 2 N–H and O–H groups in total. The Labute approximate surface area is 157 Å². The standard InChI is InChI=1S/C21H21N3O3/c25-18(14-24-19(26)21(23-20(24)27)12-4-5-13-21)22-17-10-8-16(9-11-17)15-6-2-1-3-7-15/h1-3,6-11H,4-5,12-14H2,(H,22,25)(H,23,27). The lowest BCUT2D eigenvalue weighted by Crippen LogP contribution is -2.44. The van der Waals surface area contributed by atoms with Gasteiger partial charge >= 0.3 is 6.03 Å². The number of rotatable bonds is 4. The number of anilines is 1. The topological polar surface area (TPSA) is 78.5 Å². The molecule has 1 saturated carbocycles. The van der Waals surface area contributed by atoms with Crippen LogP contribution in [0.15, 0.2) is 54.6 Å². The third-order valence-electron chi connectivity index (χ3n) is 5.28. The first-order valence-corrected chi connectivity index (χ1v) is 9.17. The number of imide groups is 1. The van der Waals surface area contributed by atoms with E-state index in [1.165, 1.54) is 0 Å². The van der Waals surface area contributed by atoms with Crippen molar-refractivity contribution >= 4 is 23.5 Å². The van der Waals surface area contributed by atoms with Crippen LogP contribution in [0.3, 0.4) is 0 Å². The molecule has 0 bridgehead atoms. The molecule has 2 aromatic carbocycles. The fourth-order valence-electron chi connectivity index (χ4n) is 3.86. The van der Waals surface area contributed by atoms with Gasteiger partial charge in [0, 0.05) is 5.69 Å². The third kappa shape index (κ3) is 3.30. The van der Waals surface area contributed by atoms with Gasteiger partial charge in [-0.1, -0.05) is 55.3 Å². The molecule has 1 heterocycles. The summed E-state index contributed by atoms with van der Waals surface area (Å²) in [7, 11) is 0. The second kappa shape index (κ2) is 6.87. The Morgan fingerprint density at radius 2 is 1.59 bits per heavy atom. The normalized spacial score (nSPS) is 18.0. The molecule has 6 heteroatoms. The molecule has 0 unspecified atom stereocenters. The van der Waals surface area contributed by atoms with Crippen molar-refractivity contribution in [2.45, 2.75) is 31.2 Å². The summed E-state index contributed by atoms with van der Waals surface area (Å²) in [5.74, 6) is -0.666. The van der Waals surface area contributed by atoms with E-state index in [0.717, 1.165) is 28.9 Å². The predicted octanol–water partition coefficient (Wildman–Crippen LogP) is 3.16. The van der Waals surface area contributed by atoms with Crippen LogP contribution in [0.5, 0.6) is 0 Å². The Hall–Kier alpha value is -3.15. The average Bonchev–Trinajstić information content (AvgIpc) is 3.24. The molecule has 0 radical (unpaired) electrons. The number of carbonyl (C=O) groups excluding carboxylic acids is 3. The van der Waals surface area contributed by atoms with Crippen LogP contribution < -0.4 is 10.6 Å². The Kier molecular flexibility index (Phi) is 4.39. The van der Waals surface area contributed by atoms with E-state index in [1.807, 2.05) is 54.6 Å². The van der Waals surface area contributed by atoms with Crippen LogP contribution in [-0.4, -0.2) is 34.8 Å². The second-order valence-corrected chi connectivity index (χ2v) is 7.10. The monoisotopic (exact) mass is 363 g/mol. The largest absolute Gasteiger partial charge is 0.325 e. The SMILES string of the molecule is O=C(CN1C(=O)NC2(CCCC2)C1=O)Nc1ccc(-c2ccccc2)cc1. The highest BCUT2D eigenvalue weighted by Crippen LogP contribution is 2.34. The summed E-state index contributed by atoms with van der Waals surface area (Å²) in [6.45, 7) is -0.271. The third-order valence-corrected chi connectivity index (χ3v) is 5.28. The first-order chi connectivity index (χ1) is 13.1. The van der Waals surface area contributed by atoms with Gasteiger partial charge in [-0.05, 0) is 36.1 Å². The summed E-state index contributed by atoms with van der Waals surface area (Å²) in [6.07, 6.45) is 3.13. The van der Waals surface area contributed by atoms with Crippen LogP contribution in [0.25, 0.3) is 11.1 Å². The number of nitrogens with zero attached hydrogens (tertiary/aromatic N) is 1. The first-order valence-electron chi connectivity index (χ1n) is 9.17. The maximum absolute atomic E-state index is 12.6. The average molecular weight is 363 g/mol. The minimum absolute atomic E-state index is 0.271. The molecule has 1 saturated heterocycles. The number of urea groups is 1. The Bertz CT molecular complexity index is 871. The van der Waals surface area contributed by atoms with E-state index < -0.39 is 11.6 Å². The summed E-state index contributed by atoms with van der Waals surface area (Å²) >= 11 is 0. The highest BCUT2D eigenvalue weighted by Gasteiger charge is 2.52. The zero-order valence-electron chi connectivity index (χ0n) is 14.9. The number of carbonyl (C=O) groups is 3. The Morgan fingerprint density at radius 3 is 2.26 bits per heavy atom. The number of amides is 4. The van der Waals surface area contributed by atoms with E-state index in [-0.39, 0.29) is 18.4 Å². The molecule has 1 aliphatic heterocycles. The van der Waals surface area contributed by atoms with E-state index in [1.54, 1.807) is 0 Å². The fourth-order valence-corrected chi connectivity index (χ4v) is 3.86. The summed E-state index contributed by atoms with van der Waals surface area (Å²) in [4.78, 5) is 38.1. The van der Waals surface area contributed by atoms with Crippen molar-refractivity contribution in [2.24, 2.45) is 0 Å². The summed E-state index contributed by atoms with van der Waals surface area (Å²) in [6, 6.07) is 16.9. The molecule has 0 aromatic heterocycles. The zero-order chi connectivity index (χ0) is 18.9. The highest BCUT2D eigenvalue weighted by molar-refractivity contribution is 6.10. The van der Waals surface area contributed by atoms with Crippen molar-refractivity contribution in [3.05, 3.63) is 54.6 Å². The van der Waals surface area contributed by atoms with Crippen LogP contribution in [0.1, 0.15) is 25.7 Å². The minimum atomic E-state index is -0.783. The Morgan fingerprint density at radius 1 is 0.963 bits per heavy atom. The second-order valence-electron chi connectivity index (χ2n) is 7.10. The van der Waals surface area contributed by atoms with Gasteiger partial charge in [0.1, 0.15) is 12.1 Å². The van der Waals surface area contributed by atoms with E-state index in [9.17, 15) is 14.4 Å². The molecule has 138 valence electrons. The molecular formula is C21H21N3O3. The van der Waals surface area contributed by atoms with Crippen LogP contribution in [0.4, 0.5) is 10.5 Å². The maximum Gasteiger partial charge on any atom is 0.325 e. The molecule has 1 spiro atoms. The maximum atomic E-state index is 12.6. The van der Waals surface area contributed by atoms with Crippen LogP contribution in [0, 0.1) is 0 Å². The first kappa shape index (κ1) is 17.3. The van der Waals surface area contributed by atoms with E-state index in [4.69, 9.17) is 0 Å². The van der Waals surface area contributed by atoms with Crippen molar-refractivity contribution in [2.75, 3.05) is 11.9 Å². The molecular weight excluding hydrogens is 342 g/mol. The number of benzene rings is 2. The molecule has 4 amide bonds. The van der Waals surface area contributed by atoms with Gasteiger partial charge in [-0.15, -0.1) is 0 Å². The van der Waals surface area contributed by atoms with Gasteiger partial charge in [0.25, 0.3) is 5.91 Å². The van der Waals surface area contributed by atoms with E-state index in [2.05, 4.69) is 10.6 Å². The zero-order valence-corrected chi connectivity index (χ0v) is 14.9. The van der Waals surface area contributed by atoms with Crippen molar-refractivity contribution < 1.29 is 14.4 Å². The number of hydrogen-bond donors (Lipinski definition) is 2. The lowest BCUT2D eigenvalue weighted by atomic mass is 9.98. The minimum Gasteiger partial charge on any atom is -0.325 e. The van der Waals surface area contributed by atoms with Gasteiger partial charge in [-0.2, -0.15) is 0 Å². The lowest BCUT2D eigenvalue weighted by Gasteiger charge is -2.19. The van der Waals surface area contributed by atoms with Crippen LogP contribution in [0.2, 0.25) is 0 Å². The summed E-state index contributed by atoms with van der Waals surface area (Å²) in [5, 5.41) is 5.54. The van der Waals surface area contributed by atoms with Gasteiger partial charge < -0.3 is 10.6 Å². The van der Waals surface area contributed by atoms with Crippen molar-refractivity contribution in [1.29, 1.82) is 0 Å². The van der Waals surface area contributed by atoms with E-state index in [0.29, 0.717) is 18.5 Å². The molecule has 2 fully saturated rings. The molecule has 1 aliphatic carbocycles. The summed E-state index contributed by atoms with van der Waals surface area (Å²) < 4.78 is 0. The van der Waals surface area contributed by atoms with Crippen LogP contribution >= 0.6 is 0 Å². The summed E-state index contributed by atoms with van der Waals surface area (Å²) in [5.41, 5.74) is 1.99. The quantitative estimate of drug-likeness (QED) is 0.819. The molecule has 27 heavy (non-hydrogen) atoms.